The number of carbonyl (C=O) groups is 1. The first-order valence-electron chi connectivity index (χ1n) is 6.63. The molecule has 1 fully saturated rings. The fourth-order valence-electron chi connectivity index (χ4n) is 2.23. The number of carbonyl (C=O) groups excluding carboxylic acids is 1. The maximum Gasteiger partial charge on any atom is 0.244 e. The Balaban J connectivity index is 1.86. The molecule has 0 spiro atoms. The van der Waals surface area contributed by atoms with Crippen LogP contribution in [0.3, 0.4) is 0 Å². The minimum absolute atomic E-state index is 0.0559. The molecule has 2 rings (SSSR count). The summed E-state index contributed by atoms with van der Waals surface area (Å²) in [5.74, 6) is 0.0559. The standard InChI is InChI=1S/C13H22N4O2/c1-10-6-11(2)17(15-10)9-13(18)16(3)8-12-7-14-4-5-19-12/h6,12,14H,4-5,7-9H2,1-3H3. The first-order chi connectivity index (χ1) is 9.06. The van der Waals surface area contributed by atoms with Crippen LogP contribution in [0, 0.1) is 13.8 Å². The van der Waals surface area contributed by atoms with Crippen LogP contribution in [0.1, 0.15) is 11.4 Å². The highest BCUT2D eigenvalue weighted by Gasteiger charge is 2.19. The third kappa shape index (κ3) is 3.78. The lowest BCUT2D eigenvalue weighted by molar-refractivity contribution is -0.132. The van der Waals surface area contributed by atoms with Crippen molar-refractivity contribution >= 4 is 5.91 Å². The molecule has 2 heterocycles. The predicted molar refractivity (Wildman–Crippen MR) is 71.9 cm³/mol. The van der Waals surface area contributed by atoms with Crippen molar-refractivity contribution < 1.29 is 9.53 Å². The zero-order chi connectivity index (χ0) is 13.8. The van der Waals surface area contributed by atoms with E-state index in [-0.39, 0.29) is 18.6 Å². The number of ether oxygens (including phenoxy) is 1. The monoisotopic (exact) mass is 266 g/mol. The van der Waals surface area contributed by atoms with Crippen molar-refractivity contribution in [3.63, 3.8) is 0 Å². The number of likely N-dealkylation sites (N-methyl/N-ethyl adjacent to an activating group) is 1. The molecule has 6 heteroatoms. The van der Waals surface area contributed by atoms with Crippen LogP contribution < -0.4 is 5.32 Å². The van der Waals surface area contributed by atoms with Crippen LogP contribution in [-0.4, -0.2) is 60.0 Å². The molecular weight excluding hydrogens is 244 g/mol. The lowest BCUT2D eigenvalue weighted by Gasteiger charge is -2.28. The average molecular weight is 266 g/mol. The van der Waals surface area contributed by atoms with Crippen molar-refractivity contribution in [2.75, 3.05) is 33.3 Å². The molecular formula is C13H22N4O2. The maximum absolute atomic E-state index is 12.1. The second-order valence-corrected chi connectivity index (χ2v) is 5.06. The lowest BCUT2D eigenvalue weighted by atomic mass is 10.3. The quantitative estimate of drug-likeness (QED) is 0.830. The van der Waals surface area contributed by atoms with E-state index in [1.54, 1.807) is 9.58 Å². The Labute approximate surface area is 113 Å². The van der Waals surface area contributed by atoms with Gasteiger partial charge in [0.2, 0.25) is 5.91 Å². The summed E-state index contributed by atoms with van der Waals surface area (Å²) in [6, 6.07) is 1.97. The SMILES string of the molecule is Cc1cc(C)n(CC(=O)N(C)CC2CNCCO2)n1. The zero-order valence-corrected chi connectivity index (χ0v) is 11.8. The molecule has 1 saturated heterocycles. The Morgan fingerprint density at radius 1 is 1.63 bits per heavy atom. The molecule has 1 aromatic rings. The molecule has 1 aliphatic rings. The molecule has 1 N–H and O–H groups in total. The molecule has 1 atom stereocenters. The van der Waals surface area contributed by atoms with Crippen molar-refractivity contribution in [1.29, 1.82) is 0 Å². The summed E-state index contributed by atoms with van der Waals surface area (Å²) in [4.78, 5) is 13.9. The number of hydrogen-bond acceptors (Lipinski definition) is 4. The number of aromatic nitrogens is 2. The molecule has 6 nitrogen and oxygen atoms in total. The maximum atomic E-state index is 12.1. The Bertz CT molecular complexity index is 438. The average Bonchev–Trinajstić information content (AvgIpc) is 2.69. The molecule has 1 unspecified atom stereocenters. The summed E-state index contributed by atoms with van der Waals surface area (Å²) in [7, 11) is 1.81. The number of aryl methyl sites for hydroxylation is 2. The normalized spacial score (nSPS) is 19.4. The van der Waals surface area contributed by atoms with Crippen LogP contribution in [-0.2, 0) is 16.1 Å². The summed E-state index contributed by atoms with van der Waals surface area (Å²) in [6.07, 6.45) is 0.0863. The van der Waals surface area contributed by atoms with Gasteiger partial charge in [-0.05, 0) is 19.9 Å². The number of rotatable bonds is 4. The van der Waals surface area contributed by atoms with E-state index in [2.05, 4.69) is 10.4 Å². The highest BCUT2D eigenvalue weighted by molar-refractivity contribution is 5.75. The second-order valence-electron chi connectivity index (χ2n) is 5.06. The molecule has 0 radical (unpaired) electrons. The van der Waals surface area contributed by atoms with Gasteiger partial charge in [-0.25, -0.2) is 0 Å². The molecule has 0 saturated carbocycles. The van der Waals surface area contributed by atoms with Crippen LogP contribution in [0.5, 0.6) is 0 Å². The smallest absolute Gasteiger partial charge is 0.244 e. The number of morpholine rings is 1. The Kier molecular flexibility index (Phi) is 4.55. The van der Waals surface area contributed by atoms with Crippen molar-refractivity contribution in [2.24, 2.45) is 0 Å². The van der Waals surface area contributed by atoms with Crippen LogP contribution in [0.4, 0.5) is 0 Å². The van der Waals surface area contributed by atoms with E-state index in [0.717, 1.165) is 24.5 Å². The van der Waals surface area contributed by atoms with Gasteiger partial charge in [-0.2, -0.15) is 5.10 Å². The predicted octanol–water partition coefficient (Wildman–Crippen LogP) is -0.0533. The van der Waals surface area contributed by atoms with Gasteiger partial charge in [-0.1, -0.05) is 0 Å². The summed E-state index contributed by atoms with van der Waals surface area (Å²) >= 11 is 0. The summed E-state index contributed by atoms with van der Waals surface area (Å²) < 4.78 is 7.34. The van der Waals surface area contributed by atoms with Gasteiger partial charge in [-0.3, -0.25) is 9.48 Å². The number of hydrogen-bond donors (Lipinski definition) is 1. The topological polar surface area (TPSA) is 59.4 Å². The van der Waals surface area contributed by atoms with E-state index in [0.29, 0.717) is 13.2 Å². The van der Waals surface area contributed by atoms with Crippen LogP contribution in [0.15, 0.2) is 6.07 Å². The van der Waals surface area contributed by atoms with E-state index >= 15 is 0 Å². The highest BCUT2D eigenvalue weighted by atomic mass is 16.5. The van der Waals surface area contributed by atoms with Gasteiger partial charge in [0.1, 0.15) is 6.54 Å². The largest absolute Gasteiger partial charge is 0.374 e. The molecule has 1 aliphatic heterocycles. The van der Waals surface area contributed by atoms with E-state index < -0.39 is 0 Å². The van der Waals surface area contributed by atoms with Crippen LogP contribution in [0.2, 0.25) is 0 Å². The van der Waals surface area contributed by atoms with Crippen molar-refractivity contribution in [2.45, 2.75) is 26.5 Å². The van der Waals surface area contributed by atoms with Crippen molar-refractivity contribution in [3.05, 3.63) is 17.5 Å². The van der Waals surface area contributed by atoms with Crippen LogP contribution in [0.25, 0.3) is 0 Å². The summed E-state index contributed by atoms with van der Waals surface area (Å²) in [6.45, 7) is 7.20. The lowest BCUT2D eigenvalue weighted by Crippen LogP contribution is -2.46. The van der Waals surface area contributed by atoms with Gasteiger partial charge in [0.15, 0.2) is 0 Å². The van der Waals surface area contributed by atoms with E-state index in [9.17, 15) is 4.79 Å². The minimum atomic E-state index is 0.0559. The molecule has 106 valence electrons. The highest BCUT2D eigenvalue weighted by Crippen LogP contribution is 2.04. The Hall–Kier alpha value is -1.40. The van der Waals surface area contributed by atoms with Gasteiger partial charge >= 0.3 is 0 Å². The fourth-order valence-corrected chi connectivity index (χ4v) is 2.23. The Morgan fingerprint density at radius 3 is 3.00 bits per heavy atom. The molecule has 1 amide bonds. The van der Waals surface area contributed by atoms with Gasteiger partial charge in [0, 0.05) is 32.4 Å². The number of nitrogens with one attached hydrogen (secondary N) is 1. The van der Waals surface area contributed by atoms with Crippen molar-refractivity contribution in [1.82, 2.24) is 20.0 Å². The second kappa shape index (κ2) is 6.16. The fraction of sp³-hybridized carbons (Fsp3) is 0.692. The molecule has 19 heavy (non-hydrogen) atoms. The summed E-state index contributed by atoms with van der Waals surface area (Å²) in [5, 5.41) is 7.57. The van der Waals surface area contributed by atoms with E-state index in [4.69, 9.17) is 4.74 Å². The first-order valence-corrected chi connectivity index (χ1v) is 6.63. The first kappa shape index (κ1) is 14.0. The van der Waals surface area contributed by atoms with Gasteiger partial charge in [-0.15, -0.1) is 0 Å². The van der Waals surface area contributed by atoms with E-state index in [1.807, 2.05) is 27.0 Å². The third-order valence-corrected chi connectivity index (χ3v) is 3.30. The number of nitrogens with zero attached hydrogens (tertiary/aromatic N) is 3. The molecule has 0 aliphatic carbocycles. The number of amides is 1. The molecule has 0 bridgehead atoms. The van der Waals surface area contributed by atoms with Gasteiger partial charge < -0.3 is 15.0 Å². The minimum Gasteiger partial charge on any atom is -0.374 e. The van der Waals surface area contributed by atoms with Gasteiger partial charge in [0.25, 0.3) is 0 Å². The van der Waals surface area contributed by atoms with E-state index in [1.165, 1.54) is 0 Å². The Morgan fingerprint density at radius 2 is 2.42 bits per heavy atom. The molecule has 0 aromatic carbocycles. The summed E-state index contributed by atoms with van der Waals surface area (Å²) in [5.41, 5.74) is 1.95. The third-order valence-electron chi connectivity index (χ3n) is 3.30. The van der Waals surface area contributed by atoms with Gasteiger partial charge in [0.05, 0.1) is 18.4 Å². The van der Waals surface area contributed by atoms with Crippen LogP contribution >= 0.6 is 0 Å². The van der Waals surface area contributed by atoms with Crippen molar-refractivity contribution in [3.8, 4) is 0 Å². The zero-order valence-electron chi connectivity index (χ0n) is 11.8. The molecule has 1 aromatic heterocycles.